The van der Waals surface area contributed by atoms with Crippen molar-refractivity contribution in [3.8, 4) is 0 Å². The Balaban J connectivity index is 1.20. The van der Waals surface area contributed by atoms with E-state index in [2.05, 4.69) is 32.3 Å². The number of rotatable bonds is 24. The molecule has 3 N–H and O–H groups in total. The molecule has 2 amide bonds. The third kappa shape index (κ3) is 15.7. The van der Waals surface area contributed by atoms with Gasteiger partial charge in [-0.1, -0.05) is 132 Å². The summed E-state index contributed by atoms with van der Waals surface area (Å²) in [7, 11) is 0. The lowest BCUT2D eigenvalue weighted by atomic mass is 9.91. The van der Waals surface area contributed by atoms with Gasteiger partial charge in [0.1, 0.15) is 12.1 Å². The molecule has 328 valence electrons. The molecular weight excluding hydrogens is 751 g/mol. The third-order valence-electron chi connectivity index (χ3n) is 12.0. The first-order valence-electron chi connectivity index (χ1n) is 23.0. The molecule has 0 spiro atoms. The molecule has 2 aliphatic rings. The van der Waals surface area contributed by atoms with E-state index in [9.17, 15) is 19.5 Å². The second kappa shape index (κ2) is 24.4. The Morgan fingerprint density at radius 3 is 2.20 bits per heavy atom. The number of fused-ring (bicyclic) bond motifs is 1. The van der Waals surface area contributed by atoms with Crippen LogP contribution in [0.1, 0.15) is 139 Å². The van der Waals surface area contributed by atoms with Gasteiger partial charge in [0.15, 0.2) is 0 Å². The molecule has 0 saturated carbocycles. The molecule has 60 heavy (non-hydrogen) atoms. The highest BCUT2D eigenvalue weighted by Gasteiger charge is 2.39. The molecule has 2 aromatic carbocycles. The van der Waals surface area contributed by atoms with E-state index in [0.29, 0.717) is 38.9 Å². The maximum Gasteiger partial charge on any atom is 0.306 e. The molecule has 3 aromatic rings. The van der Waals surface area contributed by atoms with Crippen molar-refractivity contribution in [2.75, 3.05) is 26.2 Å². The van der Waals surface area contributed by atoms with E-state index in [1.54, 1.807) is 6.20 Å². The van der Waals surface area contributed by atoms with Gasteiger partial charge in [-0.15, -0.1) is 0 Å². The van der Waals surface area contributed by atoms with Crippen LogP contribution in [0.5, 0.6) is 0 Å². The molecule has 1 aromatic heterocycles. The number of nitrogens with zero attached hydrogens (tertiary/aromatic N) is 3. The first-order valence-corrected chi connectivity index (χ1v) is 23.0. The zero-order chi connectivity index (χ0) is 42.7. The fraction of sp³-hybridized carbons (Fsp3) is 0.600. The van der Waals surface area contributed by atoms with Crippen LogP contribution in [-0.2, 0) is 38.5 Å². The summed E-state index contributed by atoms with van der Waals surface area (Å²) in [4.78, 5) is 50.0. The number of aliphatic hydroxyl groups is 1. The fourth-order valence-corrected chi connectivity index (χ4v) is 8.82. The van der Waals surface area contributed by atoms with Crippen LogP contribution >= 0.6 is 0 Å². The maximum atomic E-state index is 14.5. The van der Waals surface area contributed by atoms with Crippen molar-refractivity contribution in [2.45, 2.75) is 160 Å². The molecule has 1 aliphatic carbocycles. The van der Waals surface area contributed by atoms with E-state index in [0.717, 1.165) is 48.1 Å². The van der Waals surface area contributed by atoms with Crippen LogP contribution in [0.25, 0.3) is 0 Å². The SMILES string of the molecule is CCCCCCCCCCCCCC(=O)O[C@@H]1Cc2ccccc2[C@@H]1NC(=O)[C@H](Cc1ccccc1)C[C@H](O)CN1CCN(Cc2cccnc2)C[C@H]1C(=O)NC(C)(C)C. The Morgan fingerprint density at radius 2 is 1.52 bits per heavy atom. The molecule has 0 radical (unpaired) electrons. The van der Waals surface area contributed by atoms with E-state index in [4.69, 9.17) is 4.74 Å². The summed E-state index contributed by atoms with van der Waals surface area (Å²) in [6, 6.07) is 20.9. The van der Waals surface area contributed by atoms with Crippen molar-refractivity contribution in [1.29, 1.82) is 0 Å². The molecule has 5 rings (SSSR count). The van der Waals surface area contributed by atoms with Crippen LogP contribution in [0.2, 0.25) is 0 Å². The van der Waals surface area contributed by atoms with Gasteiger partial charge in [-0.25, -0.2) is 0 Å². The largest absolute Gasteiger partial charge is 0.459 e. The number of hydrogen-bond donors (Lipinski definition) is 3. The van der Waals surface area contributed by atoms with Crippen LogP contribution in [-0.4, -0.2) is 87.6 Å². The molecule has 1 fully saturated rings. The summed E-state index contributed by atoms with van der Waals surface area (Å²) >= 11 is 0. The first-order chi connectivity index (χ1) is 29.0. The maximum absolute atomic E-state index is 14.5. The summed E-state index contributed by atoms with van der Waals surface area (Å²) in [5.41, 5.74) is 3.70. The highest BCUT2D eigenvalue weighted by atomic mass is 16.5. The van der Waals surface area contributed by atoms with Gasteiger partial charge in [-0.3, -0.25) is 29.2 Å². The van der Waals surface area contributed by atoms with Crippen molar-refractivity contribution in [2.24, 2.45) is 5.92 Å². The molecule has 1 saturated heterocycles. The lowest BCUT2D eigenvalue weighted by Crippen LogP contribution is -2.61. The molecule has 2 heterocycles. The number of aliphatic hydroxyl groups excluding tert-OH is 1. The number of ether oxygens (including phenoxy) is 1. The monoisotopic (exact) mass is 824 g/mol. The highest BCUT2D eigenvalue weighted by Crippen LogP contribution is 2.34. The lowest BCUT2D eigenvalue weighted by Gasteiger charge is -2.42. The Kier molecular flexibility index (Phi) is 19.1. The standard InChI is InChI=1S/C50H73N5O5/c1-5-6-7-8-9-10-11-12-13-14-18-27-46(57)60-45-33-40-25-19-20-26-43(40)47(45)52-48(58)41(31-38-22-16-15-17-23-38)32-42(56)36-55-30-29-54(35-39-24-21-28-51-34-39)37-44(55)49(59)53-50(2,3)4/h15-17,19-26,28,34,41-42,44-45,47,56H,5-14,18,27,29-33,35-37H2,1-4H3,(H,52,58)(H,53,59)/t41-,42+,44+,45-,47+/m1/s1. The molecule has 10 nitrogen and oxygen atoms in total. The van der Waals surface area contributed by atoms with Crippen LogP contribution in [0, 0.1) is 5.92 Å². The van der Waals surface area contributed by atoms with E-state index < -0.39 is 35.7 Å². The van der Waals surface area contributed by atoms with Crippen molar-refractivity contribution in [3.05, 3.63) is 101 Å². The van der Waals surface area contributed by atoms with Crippen LogP contribution in [0.15, 0.2) is 79.1 Å². The number of esters is 1. The number of benzene rings is 2. The zero-order valence-corrected chi connectivity index (χ0v) is 37.0. The van der Waals surface area contributed by atoms with Gasteiger partial charge in [0, 0.05) is 69.4 Å². The average molecular weight is 824 g/mol. The molecule has 0 unspecified atom stereocenters. The van der Waals surface area contributed by atoms with Crippen molar-refractivity contribution in [3.63, 3.8) is 0 Å². The highest BCUT2D eigenvalue weighted by molar-refractivity contribution is 5.83. The van der Waals surface area contributed by atoms with Crippen molar-refractivity contribution in [1.82, 2.24) is 25.4 Å². The smallest absolute Gasteiger partial charge is 0.306 e. The fourth-order valence-electron chi connectivity index (χ4n) is 8.82. The third-order valence-corrected chi connectivity index (χ3v) is 12.0. The second-order valence-corrected chi connectivity index (χ2v) is 18.3. The van der Waals surface area contributed by atoms with Gasteiger partial charge < -0.3 is 20.5 Å². The minimum Gasteiger partial charge on any atom is -0.459 e. The summed E-state index contributed by atoms with van der Waals surface area (Å²) < 4.78 is 6.14. The molecule has 5 atom stereocenters. The number of β-amino-alcohol motifs (C(OH)–C–C–N with tert-alkyl or cyclic N) is 1. The number of nitrogens with one attached hydrogen (secondary N) is 2. The number of pyridine rings is 1. The number of carbonyl (C=O) groups excluding carboxylic acids is 3. The van der Waals surface area contributed by atoms with Crippen LogP contribution < -0.4 is 10.6 Å². The number of aromatic nitrogens is 1. The van der Waals surface area contributed by atoms with Crippen LogP contribution in [0.4, 0.5) is 0 Å². The Hall–Kier alpha value is -4.12. The number of amides is 2. The predicted molar refractivity (Wildman–Crippen MR) is 239 cm³/mol. The topological polar surface area (TPSA) is 124 Å². The Morgan fingerprint density at radius 1 is 0.850 bits per heavy atom. The van der Waals surface area contributed by atoms with Gasteiger partial charge in [-0.2, -0.15) is 0 Å². The molecule has 1 aliphatic heterocycles. The Bertz CT molecular complexity index is 1730. The normalized spacial score (nSPS) is 19.3. The molecule has 10 heteroatoms. The predicted octanol–water partition coefficient (Wildman–Crippen LogP) is 8.12. The van der Waals surface area contributed by atoms with E-state index in [1.807, 2.05) is 93.7 Å². The van der Waals surface area contributed by atoms with Crippen molar-refractivity contribution >= 4 is 17.8 Å². The van der Waals surface area contributed by atoms with Gasteiger partial charge >= 0.3 is 5.97 Å². The van der Waals surface area contributed by atoms with E-state index in [-0.39, 0.29) is 30.7 Å². The quantitative estimate of drug-likeness (QED) is 0.0612. The average Bonchev–Trinajstić information content (AvgIpc) is 3.56. The number of carbonyl (C=O) groups is 3. The summed E-state index contributed by atoms with van der Waals surface area (Å²) in [5.74, 6) is -1.04. The summed E-state index contributed by atoms with van der Waals surface area (Å²) in [5, 5.41) is 18.2. The van der Waals surface area contributed by atoms with Gasteiger partial charge in [0.25, 0.3) is 0 Å². The summed E-state index contributed by atoms with van der Waals surface area (Å²) in [6.45, 7) is 11.0. The number of hydrogen-bond acceptors (Lipinski definition) is 8. The molecule has 0 bridgehead atoms. The second-order valence-electron chi connectivity index (χ2n) is 18.3. The minimum atomic E-state index is -0.866. The Labute approximate surface area is 360 Å². The molecular formula is C50H73N5O5. The lowest BCUT2D eigenvalue weighted by molar-refractivity contribution is -0.151. The van der Waals surface area contributed by atoms with E-state index in [1.165, 1.54) is 51.4 Å². The number of piperazine rings is 1. The zero-order valence-electron chi connectivity index (χ0n) is 37.0. The minimum absolute atomic E-state index is 0.0758. The van der Waals surface area contributed by atoms with Gasteiger partial charge in [-0.05, 0) is 68.4 Å². The van der Waals surface area contributed by atoms with Crippen molar-refractivity contribution < 1.29 is 24.2 Å². The first kappa shape index (κ1) is 46.9. The van der Waals surface area contributed by atoms with E-state index >= 15 is 0 Å². The van der Waals surface area contributed by atoms with Crippen LogP contribution in [0.3, 0.4) is 0 Å². The summed E-state index contributed by atoms with van der Waals surface area (Å²) in [6.07, 6.45) is 17.2. The number of unbranched alkanes of at least 4 members (excludes halogenated alkanes) is 10. The van der Waals surface area contributed by atoms with Gasteiger partial charge in [0.2, 0.25) is 11.8 Å². The van der Waals surface area contributed by atoms with Gasteiger partial charge in [0.05, 0.1) is 12.1 Å².